The normalized spacial score (nSPS) is 29.4. The first-order chi connectivity index (χ1) is 19.1. The van der Waals surface area contributed by atoms with Crippen LogP contribution in [-0.4, -0.2) is 89.7 Å². The Kier molecular flexibility index (Phi) is 8.12. The van der Waals surface area contributed by atoms with Crippen LogP contribution < -0.4 is 5.32 Å². The number of hydrogen-bond acceptors (Lipinski definition) is 10. The molecule has 40 heavy (non-hydrogen) atoms. The van der Waals surface area contributed by atoms with E-state index in [0.717, 1.165) is 17.5 Å². The lowest BCUT2D eigenvalue weighted by Crippen LogP contribution is -2.63. The minimum Gasteiger partial charge on any atom is -0.426 e. The van der Waals surface area contributed by atoms with Crippen molar-refractivity contribution < 1.29 is 38.5 Å². The Balaban J connectivity index is 1.24. The second-order valence-electron chi connectivity index (χ2n) is 10.9. The highest BCUT2D eigenvalue weighted by molar-refractivity contribution is 8.03. The summed E-state index contributed by atoms with van der Waals surface area (Å²) < 4.78 is 15.8. The van der Waals surface area contributed by atoms with Crippen LogP contribution in [-0.2, 0) is 35.0 Å². The van der Waals surface area contributed by atoms with Crippen LogP contribution in [0.15, 0.2) is 34.9 Å². The van der Waals surface area contributed by atoms with Crippen LogP contribution in [0.5, 0.6) is 0 Å². The van der Waals surface area contributed by atoms with Crippen molar-refractivity contribution in [1.29, 1.82) is 0 Å². The number of amides is 2. The van der Waals surface area contributed by atoms with E-state index < -0.39 is 37.0 Å². The number of β-lactam (4-membered cyclic amide) rings is 1. The largest absolute Gasteiger partial charge is 0.511 e. The Morgan fingerprint density at radius 1 is 1.23 bits per heavy atom. The zero-order chi connectivity index (χ0) is 28.7. The van der Waals surface area contributed by atoms with Gasteiger partial charge < -0.3 is 34.4 Å². The van der Waals surface area contributed by atoms with Gasteiger partial charge in [-0.15, -0.1) is 11.8 Å². The van der Waals surface area contributed by atoms with Gasteiger partial charge in [-0.1, -0.05) is 31.2 Å². The molecule has 1 aliphatic carbocycles. The SMILES string of the molecule is C[C@@H](O)[C@H]1C(=O)N2C(C(=O)OCOC(=O)O[C@H]3CCc4ccccc43)=C(S[C@@H]3CN[C@H](C(=O)N(C)C)C3)[C@H](C)[C@H]12. The number of nitrogens with zero attached hydrogens (tertiary/aromatic N) is 2. The first kappa shape index (κ1) is 28.4. The van der Waals surface area contributed by atoms with Gasteiger partial charge in [-0.2, -0.15) is 0 Å². The van der Waals surface area contributed by atoms with Crippen molar-refractivity contribution in [2.45, 2.75) is 62.7 Å². The van der Waals surface area contributed by atoms with Crippen LogP contribution in [0.4, 0.5) is 4.79 Å². The fourth-order valence-electron chi connectivity index (χ4n) is 6.13. The predicted molar refractivity (Wildman–Crippen MR) is 145 cm³/mol. The number of carbonyl (C=O) groups is 4. The number of aryl methyl sites for hydroxylation is 1. The van der Waals surface area contributed by atoms with Gasteiger partial charge in [0.25, 0.3) is 0 Å². The number of ether oxygens (including phenoxy) is 3. The highest BCUT2D eigenvalue weighted by Crippen LogP contribution is 2.52. The van der Waals surface area contributed by atoms with Gasteiger partial charge in [0.05, 0.1) is 24.1 Å². The van der Waals surface area contributed by atoms with Crippen molar-refractivity contribution >= 4 is 35.7 Å². The van der Waals surface area contributed by atoms with E-state index in [9.17, 15) is 24.3 Å². The van der Waals surface area contributed by atoms with Crippen LogP contribution >= 0.6 is 11.8 Å². The van der Waals surface area contributed by atoms with Crippen LogP contribution in [0.1, 0.15) is 43.9 Å². The summed E-state index contributed by atoms with van der Waals surface area (Å²) in [5.74, 6) is -2.00. The van der Waals surface area contributed by atoms with Gasteiger partial charge in [0.1, 0.15) is 11.8 Å². The highest BCUT2D eigenvalue weighted by atomic mass is 32.2. The maximum Gasteiger partial charge on any atom is 0.511 e. The maximum atomic E-state index is 13.3. The molecule has 2 saturated heterocycles. The summed E-state index contributed by atoms with van der Waals surface area (Å²) in [6.45, 7) is 3.38. The van der Waals surface area contributed by atoms with E-state index >= 15 is 0 Å². The van der Waals surface area contributed by atoms with E-state index in [-0.39, 0.29) is 40.8 Å². The number of likely N-dealkylation sites (N-methyl/N-ethyl adjacent to an activating group) is 1. The van der Waals surface area contributed by atoms with Crippen LogP contribution in [0.2, 0.25) is 0 Å². The number of hydrogen-bond donors (Lipinski definition) is 2. The minimum absolute atomic E-state index is 0.00605. The fraction of sp³-hybridized carbons (Fsp3) is 0.571. The maximum absolute atomic E-state index is 13.3. The van der Waals surface area contributed by atoms with Crippen molar-refractivity contribution in [2.24, 2.45) is 11.8 Å². The number of esters is 1. The Labute approximate surface area is 237 Å². The average molecular weight is 574 g/mol. The Hall–Kier alpha value is -3.09. The average Bonchev–Trinajstić information content (AvgIpc) is 3.60. The number of rotatable bonds is 8. The molecule has 0 spiro atoms. The Morgan fingerprint density at radius 2 is 1.98 bits per heavy atom. The molecule has 11 nitrogen and oxygen atoms in total. The Bertz CT molecular complexity index is 1230. The molecule has 1 aromatic carbocycles. The van der Waals surface area contributed by atoms with Crippen LogP contribution in [0, 0.1) is 11.8 Å². The van der Waals surface area contributed by atoms with Crippen molar-refractivity contribution in [2.75, 3.05) is 27.4 Å². The van der Waals surface area contributed by atoms with Gasteiger partial charge >= 0.3 is 12.1 Å². The third kappa shape index (κ3) is 5.19. The molecule has 2 amide bonds. The van der Waals surface area contributed by atoms with E-state index in [0.29, 0.717) is 24.3 Å². The molecule has 4 aliphatic rings. The number of aliphatic hydroxyl groups excluding tert-OH is 1. The molecule has 0 bridgehead atoms. The van der Waals surface area contributed by atoms with Crippen molar-refractivity contribution in [3.05, 3.63) is 46.0 Å². The molecule has 216 valence electrons. The van der Waals surface area contributed by atoms with E-state index in [1.807, 2.05) is 31.2 Å². The topological polar surface area (TPSA) is 135 Å². The van der Waals surface area contributed by atoms with Crippen molar-refractivity contribution in [3.8, 4) is 0 Å². The third-order valence-corrected chi connectivity index (χ3v) is 9.62. The molecular formula is C28H35N3O8S. The molecule has 0 saturated carbocycles. The monoisotopic (exact) mass is 573 g/mol. The zero-order valence-corrected chi connectivity index (χ0v) is 23.8. The van der Waals surface area contributed by atoms with E-state index in [1.54, 1.807) is 25.9 Å². The first-order valence-electron chi connectivity index (χ1n) is 13.5. The first-order valence-corrected chi connectivity index (χ1v) is 14.4. The minimum atomic E-state index is -0.946. The van der Waals surface area contributed by atoms with Crippen molar-refractivity contribution in [1.82, 2.24) is 15.1 Å². The molecule has 12 heteroatoms. The molecule has 2 fully saturated rings. The van der Waals surface area contributed by atoms with Gasteiger partial charge in [0.2, 0.25) is 18.6 Å². The lowest BCUT2D eigenvalue weighted by Gasteiger charge is -2.46. The quantitative estimate of drug-likeness (QED) is 0.270. The van der Waals surface area contributed by atoms with Crippen LogP contribution in [0.3, 0.4) is 0 Å². The van der Waals surface area contributed by atoms with Gasteiger partial charge in [0.15, 0.2) is 0 Å². The van der Waals surface area contributed by atoms with Gasteiger partial charge in [-0.05, 0) is 37.3 Å². The number of fused-ring (bicyclic) bond motifs is 2. The molecule has 3 aliphatic heterocycles. The summed E-state index contributed by atoms with van der Waals surface area (Å²) >= 11 is 1.45. The molecular weight excluding hydrogens is 538 g/mol. The summed E-state index contributed by atoms with van der Waals surface area (Å²) in [6.07, 6.45) is -0.210. The molecule has 2 N–H and O–H groups in total. The summed E-state index contributed by atoms with van der Waals surface area (Å²) in [4.78, 5) is 54.6. The summed E-state index contributed by atoms with van der Waals surface area (Å²) in [5.41, 5.74) is 2.17. The smallest absolute Gasteiger partial charge is 0.426 e. The van der Waals surface area contributed by atoms with E-state index in [1.165, 1.54) is 16.7 Å². The zero-order valence-electron chi connectivity index (χ0n) is 23.0. The Morgan fingerprint density at radius 3 is 2.70 bits per heavy atom. The van der Waals surface area contributed by atoms with Crippen LogP contribution in [0.25, 0.3) is 0 Å². The summed E-state index contributed by atoms with van der Waals surface area (Å²) in [7, 11) is 3.41. The number of aliphatic hydroxyl groups is 1. The van der Waals surface area contributed by atoms with E-state index in [2.05, 4.69) is 5.32 Å². The highest BCUT2D eigenvalue weighted by Gasteiger charge is 2.60. The molecule has 5 rings (SSSR count). The number of nitrogens with one attached hydrogen (secondary N) is 1. The van der Waals surface area contributed by atoms with Gasteiger partial charge in [0, 0.05) is 36.7 Å². The molecule has 0 aromatic heterocycles. The number of thioether (sulfide) groups is 1. The lowest BCUT2D eigenvalue weighted by molar-refractivity contribution is -0.167. The standard InChI is InChI=1S/C28H35N3O8S/c1-14-22-21(15(2)32)26(34)31(22)23(24(14)40-17-11-19(29-12-17)25(33)30(3)4)27(35)37-13-38-28(36)39-20-10-9-16-7-5-6-8-18(16)20/h5-8,14-15,17,19-22,29,32H,9-13H2,1-4H3/t14-,15-,17+,19+,20+,21-,22-/m1/s1. The molecule has 0 unspecified atom stereocenters. The number of carbonyl (C=O) groups excluding carboxylic acids is 4. The molecule has 1 aromatic rings. The summed E-state index contributed by atoms with van der Waals surface area (Å²) in [5, 5.41) is 13.4. The third-order valence-electron chi connectivity index (χ3n) is 8.11. The second kappa shape index (κ2) is 11.4. The van der Waals surface area contributed by atoms with E-state index in [4.69, 9.17) is 14.2 Å². The van der Waals surface area contributed by atoms with Gasteiger partial charge in [-0.25, -0.2) is 9.59 Å². The molecule has 0 radical (unpaired) electrons. The molecule has 7 atom stereocenters. The van der Waals surface area contributed by atoms with Crippen molar-refractivity contribution in [3.63, 3.8) is 0 Å². The fourth-order valence-corrected chi connectivity index (χ4v) is 7.61. The predicted octanol–water partition coefficient (Wildman–Crippen LogP) is 1.95. The molecule has 3 heterocycles. The lowest BCUT2D eigenvalue weighted by atomic mass is 9.79. The second-order valence-corrected chi connectivity index (χ2v) is 12.3. The number of benzene rings is 1. The summed E-state index contributed by atoms with van der Waals surface area (Å²) in [6, 6.07) is 7.02. The van der Waals surface area contributed by atoms with Gasteiger partial charge in [-0.3, -0.25) is 9.59 Å².